The summed E-state index contributed by atoms with van der Waals surface area (Å²) < 4.78 is 21.2. The third-order valence-corrected chi connectivity index (χ3v) is 5.87. The first kappa shape index (κ1) is 23.9. The summed E-state index contributed by atoms with van der Waals surface area (Å²) in [5.74, 6) is 3.27. The van der Waals surface area contributed by atoms with Gasteiger partial charge in [-0.2, -0.15) is 0 Å². The molecule has 1 fully saturated rings. The number of amides is 2. The van der Waals surface area contributed by atoms with Crippen molar-refractivity contribution in [3.05, 3.63) is 48.5 Å². The van der Waals surface area contributed by atoms with Crippen LogP contribution in [0.3, 0.4) is 0 Å². The molecule has 184 valence electrons. The molecule has 4 rings (SSSR count). The third kappa shape index (κ3) is 5.32. The van der Waals surface area contributed by atoms with Crippen LogP contribution in [-0.2, 0) is 0 Å². The monoisotopic (exact) mass is 479 g/mol. The minimum Gasteiger partial charge on any atom is -0.497 e. The molecule has 0 atom stereocenters. The number of nitrogens with zero attached hydrogens (tertiary/aromatic N) is 4. The molecule has 10 heteroatoms. The average Bonchev–Trinajstić information content (AvgIpc) is 2.93. The maximum atomic E-state index is 12.8. The second-order valence-corrected chi connectivity index (χ2v) is 7.82. The van der Waals surface area contributed by atoms with Gasteiger partial charge in [0.25, 0.3) is 0 Å². The number of nitrogens with one attached hydrogen (secondary N) is 1. The lowest BCUT2D eigenvalue weighted by Crippen LogP contribution is -2.50. The van der Waals surface area contributed by atoms with Crippen LogP contribution in [0.5, 0.6) is 23.0 Å². The number of aromatic nitrogens is 2. The molecule has 10 nitrogen and oxygen atoms in total. The van der Waals surface area contributed by atoms with Gasteiger partial charge in [0.15, 0.2) is 17.3 Å². The van der Waals surface area contributed by atoms with Crippen LogP contribution in [-0.4, -0.2) is 75.7 Å². The number of benzene rings is 2. The van der Waals surface area contributed by atoms with Crippen molar-refractivity contribution in [2.75, 3.05) is 64.8 Å². The number of piperazine rings is 1. The first-order valence-electron chi connectivity index (χ1n) is 11.1. The number of hydrogen-bond acceptors (Lipinski definition) is 8. The van der Waals surface area contributed by atoms with Gasteiger partial charge in [-0.1, -0.05) is 0 Å². The fourth-order valence-electron chi connectivity index (χ4n) is 3.88. The summed E-state index contributed by atoms with van der Waals surface area (Å²) in [5, 5.41) is 11.7. The molecule has 3 aromatic rings. The molecule has 0 aliphatic carbocycles. The Labute approximate surface area is 204 Å². The number of anilines is 2. The lowest BCUT2D eigenvalue weighted by Gasteiger charge is -2.35. The predicted molar refractivity (Wildman–Crippen MR) is 133 cm³/mol. The van der Waals surface area contributed by atoms with Crippen molar-refractivity contribution in [3.63, 3.8) is 0 Å². The van der Waals surface area contributed by atoms with E-state index in [1.165, 1.54) is 0 Å². The summed E-state index contributed by atoms with van der Waals surface area (Å²) in [5.41, 5.74) is 2.22. The Bertz CT molecular complexity index is 1160. The largest absolute Gasteiger partial charge is 0.497 e. The number of carbonyl (C=O) groups excluding carboxylic acids is 1. The van der Waals surface area contributed by atoms with Gasteiger partial charge in [-0.05, 0) is 42.5 Å². The van der Waals surface area contributed by atoms with Crippen LogP contribution in [0.2, 0.25) is 0 Å². The fourth-order valence-corrected chi connectivity index (χ4v) is 3.88. The molecule has 1 aromatic heterocycles. The van der Waals surface area contributed by atoms with Crippen molar-refractivity contribution in [1.82, 2.24) is 15.1 Å². The second-order valence-electron chi connectivity index (χ2n) is 7.82. The van der Waals surface area contributed by atoms with Crippen LogP contribution < -0.4 is 29.2 Å². The summed E-state index contributed by atoms with van der Waals surface area (Å²) in [6, 6.07) is 14.6. The van der Waals surface area contributed by atoms with Crippen molar-refractivity contribution in [2.24, 2.45) is 0 Å². The van der Waals surface area contributed by atoms with Gasteiger partial charge in [-0.25, -0.2) is 4.79 Å². The number of rotatable bonds is 7. The zero-order valence-electron chi connectivity index (χ0n) is 20.3. The molecule has 1 aliphatic rings. The van der Waals surface area contributed by atoms with Gasteiger partial charge >= 0.3 is 6.03 Å². The molecule has 2 amide bonds. The van der Waals surface area contributed by atoms with Crippen LogP contribution in [0.1, 0.15) is 0 Å². The second kappa shape index (κ2) is 10.8. The van der Waals surface area contributed by atoms with Crippen molar-refractivity contribution in [3.8, 4) is 34.3 Å². The smallest absolute Gasteiger partial charge is 0.322 e. The topological polar surface area (TPSA) is 98.3 Å². The van der Waals surface area contributed by atoms with Crippen molar-refractivity contribution < 1.29 is 23.7 Å². The molecule has 0 spiro atoms. The first-order valence-corrected chi connectivity index (χ1v) is 11.1. The summed E-state index contributed by atoms with van der Waals surface area (Å²) in [7, 11) is 6.34. The SMILES string of the molecule is COc1ccc(NC(=O)N2CCN(c3ccc(-c4ccc(OC)c(OC)c4)nn3)CC2)c(OC)c1. The van der Waals surface area contributed by atoms with E-state index in [1.807, 2.05) is 30.3 Å². The minimum atomic E-state index is -0.178. The summed E-state index contributed by atoms with van der Waals surface area (Å²) in [6.07, 6.45) is 0. The zero-order chi connectivity index (χ0) is 24.8. The minimum absolute atomic E-state index is 0.178. The molecule has 0 bridgehead atoms. The fraction of sp³-hybridized carbons (Fsp3) is 0.320. The van der Waals surface area contributed by atoms with Gasteiger partial charge in [0, 0.05) is 37.8 Å². The standard InChI is InChI=1S/C25H29N5O5/c1-32-18-6-7-20(22(16-18)34-3)26-25(31)30-13-11-29(12-14-30)24-10-8-19(27-28-24)17-5-9-21(33-2)23(15-17)35-4/h5-10,15-16H,11-14H2,1-4H3,(H,26,31). The van der Waals surface area contributed by atoms with Gasteiger partial charge in [0.1, 0.15) is 11.5 Å². The Balaban J connectivity index is 1.36. The Morgan fingerprint density at radius 1 is 0.771 bits per heavy atom. The van der Waals surface area contributed by atoms with E-state index >= 15 is 0 Å². The van der Waals surface area contributed by atoms with Gasteiger partial charge < -0.3 is 34.1 Å². The van der Waals surface area contributed by atoms with Crippen LogP contribution in [0, 0.1) is 0 Å². The van der Waals surface area contributed by atoms with Crippen molar-refractivity contribution in [2.45, 2.75) is 0 Å². The predicted octanol–water partition coefficient (Wildman–Crippen LogP) is 3.53. The number of methoxy groups -OCH3 is 4. The lowest BCUT2D eigenvalue weighted by molar-refractivity contribution is 0.208. The molecule has 0 radical (unpaired) electrons. The van der Waals surface area contributed by atoms with Crippen molar-refractivity contribution >= 4 is 17.5 Å². The maximum Gasteiger partial charge on any atom is 0.322 e. The maximum absolute atomic E-state index is 12.8. The van der Waals surface area contributed by atoms with E-state index in [4.69, 9.17) is 18.9 Å². The molecule has 35 heavy (non-hydrogen) atoms. The number of ether oxygens (including phenoxy) is 4. The normalized spacial score (nSPS) is 13.3. The quantitative estimate of drug-likeness (QED) is 0.550. The summed E-state index contributed by atoms with van der Waals surface area (Å²) in [4.78, 5) is 16.7. The van der Waals surface area contributed by atoms with E-state index in [0.717, 1.165) is 17.1 Å². The van der Waals surface area contributed by atoms with Crippen LogP contribution in [0.4, 0.5) is 16.3 Å². The molecule has 2 aromatic carbocycles. The van der Waals surface area contributed by atoms with Gasteiger partial charge in [0.05, 0.1) is 39.8 Å². The molecular weight excluding hydrogens is 450 g/mol. The van der Waals surface area contributed by atoms with E-state index in [2.05, 4.69) is 20.4 Å². The zero-order valence-corrected chi connectivity index (χ0v) is 20.3. The highest BCUT2D eigenvalue weighted by Gasteiger charge is 2.23. The average molecular weight is 480 g/mol. The lowest BCUT2D eigenvalue weighted by atomic mass is 10.1. The van der Waals surface area contributed by atoms with Gasteiger partial charge in [0.2, 0.25) is 0 Å². The molecular formula is C25H29N5O5. The summed E-state index contributed by atoms with van der Waals surface area (Å²) >= 11 is 0. The van der Waals surface area contributed by atoms with E-state index in [0.29, 0.717) is 54.9 Å². The molecule has 1 N–H and O–H groups in total. The Kier molecular flexibility index (Phi) is 7.39. The number of carbonyl (C=O) groups is 1. The third-order valence-electron chi connectivity index (χ3n) is 5.87. The molecule has 0 unspecified atom stereocenters. The van der Waals surface area contributed by atoms with E-state index < -0.39 is 0 Å². The van der Waals surface area contributed by atoms with Gasteiger partial charge in [-0.15, -0.1) is 10.2 Å². The number of hydrogen-bond donors (Lipinski definition) is 1. The summed E-state index contributed by atoms with van der Waals surface area (Å²) in [6.45, 7) is 2.42. The van der Waals surface area contributed by atoms with Gasteiger partial charge in [-0.3, -0.25) is 0 Å². The molecule has 2 heterocycles. The Hall–Kier alpha value is -4.21. The van der Waals surface area contributed by atoms with E-state index in [9.17, 15) is 4.79 Å². The van der Waals surface area contributed by atoms with E-state index in [-0.39, 0.29) is 6.03 Å². The highest BCUT2D eigenvalue weighted by Crippen LogP contribution is 2.32. The Morgan fingerprint density at radius 2 is 1.51 bits per heavy atom. The Morgan fingerprint density at radius 3 is 2.14 bits per heavy atom. The highest BCUT2D eigenvalue weighted by atomic mass is 16.5. The van der Waals surface area contributed by atoms with Crippen LogP contribution in [0.25, 0.3) is 11.3 Å². The van der Waals surface area contributed by atoms with E-state index in [1.54, 1.807) is 51.5 Å². The first-order chi connectivity index (χ1) is 17.1. The number of urea groups is 1. The van der Waals surface area contributed by atoms with Crippen LogP contribution >= 0.6 is 0 Å². The molecule has 0 saturated carbocycles. The molecule has 1 aliphatic heterocycles. The molecule has 1 saturated heterocycles. The highest BCUT2D eigenvalue weighted by molar-refractivity contribution is 5.91. The van der Waals surface area contributed by atoms with Crippen molar-refractivity contribution in [1.29, 1.82) is 0 Å². The van der Waals surface area contributed by atoms with Crippen LogP contribution in [0.15, 0.2) is 48.5 Å².